The van der Waals surface area contributed by atoms with E-state index in [0.717, 1.165) is 70.9 Å². The van der Waals surface area contributed by atoms with Gasteiger partial charge < -0.3 is 29.6 Å². The lowest BCUT2D eigenvalue weighted by Crippen LogP contribution is -2.56. The van der Waals surface area contributed by atoms with Crippen LogP contribution in [-0.4, -0.2) is 64.4 Å². The number of H-pyrrole nitrogens is 1. The quantitative estimate of drug-likeness (QED) is 0.220. The van der Waals surface area contributed by atoms with Gasteiger partial charge >= 0.3 is 6.03 Å². The molecule has 0 saturated carbocycles. The maximum atomic E-state index is 13.7. The Morgan fingerprint density at radius 2 is 1.89 bits per heavy atom. The molecule has 2 aliphatic heterocycles. The third-order valence-corrected chi connectivity index (χ3v) is 9.09. The van der Waals surface area contributed by atoms with Crippen LogP contribution in [0, 0.1) is 5.82 Å². The molecule has 10 heteroatoms. The van der Waals surface area contributed by atoms with E-state index in [2.05, 4.69) is 26.4 Å². The number of aromatic amines is 1. The molecule has 0 bridgehead atoms. The second kappa shape index (κ2) is 11.4. The average Bonchev–Trinajstić information content (AvgIpc) is 3.68. The predicted octanol–water partition coefficient (Wildman–Crippen LogP) is 6.09. The fourth-order valence-corrected chi connectivity index (χ4v) is 6.85. The second-order valence-electron chi connectivity index (χ2n) is 11.7. The van der Waals surface area contributed by atoms with E-state index in [1.807, 2.05) is 48.5 Å². The van der Waals surface area contributed by atoms with Crippen LogP contribution in [0.1, 0.15) is 35.8 Å². The van der Waals surface area contributed by atoms with Crippen molar-refractivity contribution in [1.29, 1.82) is 0 Å². The Balaban J connectivity index is 1.18. The summed E-state index contributed by atoms with van der Waals surface area (Å²) in [4.78, 5) is 21.4. The van der Waals surface area contributed by atoms with Crippen LogP contribution in [-0.2, 0) is 12.0 Å². The number of carbonyl (C=O) groups excluding carboxylic acids is 1. The van der Waals surface area contributed by atoms with Gasteiger partial charge in [0.05, 0.1) is 25.5 Å². The van der Waals surface area contributed by atoms with Crippen molar-refractivity contribution in [3.8, 4) is 17.1 Å². The molecule has 5 aromatic rings. The number of aliphatic hydroxyl groups is 1. The van der Waals surface area contributed by atoms with Crippen molar-refractivity contribution in [2.75, 3.05) is 38.7 Å². The first-order valence-corrected chi connectivity index (χ1v) is 14.8. The zero-order valence-corrected chi connectivity index (χ0v) is 24.4. The van der Waals surface area contributed by atoms with Crippen molar-refractivity contribution in [2.45, 2.75) is 30.8 Å². The summed E-state index contributed by atoms with van der Waals surface area (Å²) in [6.45, 7) is 2.46. The largest absolute Gasteiger partial charge is 0.497 e. The van der Waals surface area contributed by atoms with E-state index in [9.17, 15) is 14.3 Å². The number of hydrogen-bond acceptors (Lipinski definition) is 6. The van der Waals surface area contributed by atoms with Gasteiger partial charge in [-0.05, 0) is 67.9 Å². The van der Waals surface area contributed by atoms with Gasteiger partial charge in [-0.15, -0.1) is 0 Å². The summed E-state index contributed by atoms with van der Waals surface area (Å²) in [5.41, 5.74) is 4.93. The average molecular weight is 596 g/mol. The minimum absolute atomic E-state index is 0.244. The summed E-state index contributed by atoms with van der Waals surface area (Å²) in [5, 5.41) is 18.9. The van der Waals surface area contributed by atoms with E-state index in [1.165, 1.54) is 24.3 Å². The molecule has 1 atom stereocenters. The lowest BCUT2D eigenvalue weighted by Gasteiger charge is -2.50. The fourth-order valence-electron chi connectivity index (χ4n) is 6.85. The number of halogens is 1. The van der Waals surface area contributed by atoms with Gasteiger partial charge in [0.1, 0.15) is 11.6 Å². The molecule has 0 unspecified atom stereocenters. The highest BCUT2D eigenvalue weighted by Crippen LogP contribution is 2.49. The number of methoxy groups -OCH3 is 1. The molecular formula is C34H34FN5O4. The Kier molecular flexibility index (Phi) is 7.31. The Morgan fingerprint density at radius 3 is 2.61 bits per heavy atom. The minimum atomic E-state index is -0.570. The summed E-state index contributed by atoms with van der Waals surface area (Å²) >= 11 is 0. The van der Waals surface area contributed by atoms with E-state index < -0.39 is 6.04 Å². The lowest BCUT2D eigenvalue weighted by molar-refractivity contribution is 0.0702. The van der Waals surface area contributed by atoms with E-state index >= 15 is 0 Å². The van der Waals surface area contributed by atoms with E-state index in [1.54, 1.807) is 12.0 Å². The minimum Gasteiger partial charge on any atom is -0.497 e. The second-order valence-corrected chi connectivity index (χ2v) is 11.7. The van der Waals surface area contributed by atoms with Crippen LogP contribution in [0.2, 0.25) is 0 Å². The highest BCUT2D eigenvalue weighted by Gasteiger charge is 2.48. The molecule has 2 aliphatic rings. The number of rotatable bonds is 6. The third kappa shape index (κ3) is 5.10. The molecule has 3 N–H and O–H groups in total. The van der Waals surface area contributed by atoms with Crippen molar-refractivity contribution in [2.24, 2.45) is 0 Å². The normalized spacial score (nSPS) is 18.0. The standard InChI is InChI=1S/C34H34FN5O4/c1-43-26-11-12-27-28(18-26)37-32-29(20-41)40(33(42)36-24-9-7-23(35)8-10-24)21-34(31(27)32)13-15-39(16-14-34)19-25-17-30(44-38-25)22-5-3-2-4-6-22/h2-12,17-18,29,37,41H,13-16,19-21H2,1H3,(H,36,42)/t29-/m0/s1. The molecule has 3 aromatic carbocycles. The number of piperidine rings is 1. The van der Waals surface area contributed by atoms with Crippen LogP contribution in [0.4, 0.5) is 14.9 Å². The smallest absolute Gasteiger partial charge is 0.322 e. The first-order valence-electron chi connectivity index (χ1n) is 14.8. The molecule has 1 spiro atoms. The fraction of sp³-hybridized carbons (Fsp3) is 0.294. The van der Waals surface area contributed by atoms with Crippen LogP contribution < -0.4 is 10.1 Å². The molecule has 0 radical (unpaired) electrons. The SMILES string of the molecule is COc1ccc2c3c([nH]c2c1)[C@H](CO)N(C(=O)Nc1ccc(F)cc1)CC31CCN(Cc2cc(-c3ccccc3)on2)CC1. The van der Waals surface area contributed by atoms with Crippen molar-refractivity contribution in [3.63, 3.8) is 0 Å². The van der Waals surface area contributed by atoms with Crippen molar-refractivity contribution < 1.29 is 23.6 Å². The highest BCUT2D eigenvalue weighted by atomic mass is 19.1. The molecule has 1 fully saturated rings. The summed E-state index contributed by atoms with van der Waals surface area (Å²) in [7, 11) is 1.64. The first kappa shape index (κ1) is 28.1. The number of amides is 2. The maximum Gasteiger partial charge on any atom is 0.322 e. The van der Waals surface area contributed by atoms with Crippen LogP contribution in [0.25, 0.3) is 22.2 Å². The monoisotopic (exact) mass is 595 g/mol. The maximum absolute atomic E-state index is 13.7. The van der Waals surface area contributed by atoms with Gasteiger partial charge in [0.15, 0.2) is 5.76 Å². The van der Waals surface area contributed by atoms with Crippen LogP contribution >= 0.6 is 0 Å². The van der Waals surface area contributed by atoms with Crippen molar-refractivity contribution in [3.05, 3.63) is 102 Å². The topological polar surface area (TPSA) is 107 Å². The van der Waals surface area contributed by atoms with Gasteiger partial charge in [-0.25, -0.2) is 9.18 Å². The van der Waals surface area contributed by atoms with Crippen LogP contribution in [0.5, 0.6) is 5.75 Å². The van der Waals surface area contributed by atoms with E-state index in [0.29, 0.717) is 18.8 Å². The third-order valence-electron chi connectivity index (χ3n) is 9.09. The molecular weight excluding hydrogens is 561 g/mol. The molecule has 9 nitrogen and oxygen atoms in total. The Labute approximate surface area is 254 Å². The Hall–Kier alpha value is -4.67. The lowest BCUT2D eigenvalue weighted by atomic mass is 9.68. The number of hydrogen-bond donors (Lipinski definition) is 3. The number of fused-ring (bicyclic) bond motifs is 4. The number of carbonyl (C=O) groups is 1. The number of nitrogens with one attached hydrogen (secondary N) is 2. The number of nitrogens with zero attached hydrogens (tertiary/aromatic N) is 3. The Bertz CT molecular complexity index is 1780. The van der Waals surface area contributed by atoms with E-state index in [-0.39, 0.29) is 23.9 Å². The molecule has 7 rings (SSSR count). The molecule has 4 heterocycles. The van der Waals surface area contributed by atoms with Gasteiger partial charge in [0, 0.05) is 58.5 Å². The van der Waals surface area contributed by atoms with Crippen LogP contribution in [0.15, 0.2) is 83.4 Å². The number of aromatic nitrogens is 2. The number of anilines is 1. The number of ether oxygens (including phenoxy) is 1. The van der Waals surface area contributed by atoms with Crippen molar-refractivity contribution >= 4 is 22.6 Å². The van der Waals surface area contributed by atoms with Gasteiger partial charge in [0.2, 0.25) is 0 Å². The molecule has 44 heavy (non-hydrogen) atoms. The zero-order valence-electron chi connectivity index (χ0n) is 24.4. The first-order chi connectivity index (χ1) is 21.5. The molecule has 2 amide bonds. The van der Waals surface area contributed by atoms with Gasteiger partial charge in [-0.2, -0.15) is 0 Å². The van der Waals surface area contributed by atoms with Crippen LogP contribution in [0.3, 0.4) is 0 Å². The van der Waals surface area contributed by atoms with Gasteiger partial charge in [-0.3, -0.25) is 4.90 Å². The van der Waals surface area contributed by atoms with Gasteiger partial charge in [-0.1, -0.05) is 35.5 Å². The molecule has 2 aromatic heterocycles. The highest BCUT2D eigenvalue weighted by molar-refractivity contribution is 5.92. The van der Waals surface area contributed by atoms with Crippen molar-refractivity contribution in [1.82, 2.24) is 19.9 Å². The predicted molar refractivity (Wildman–Crippen MR) is 165 cm³/mol. The molecule has 0 aliphatic carbocycles. The summed E-state index contributed by atoms with van der Waals surface area (Å²) in [5.74, 6) is 1.10. The summed E-state index contributed by atoms with van der Waals surface area (Å²) < 4.78 is 24.6. The zero-order chi connectivity index (χ0) is 30.3. The number of aliphatic hydroxyl groups excluding tert-OH is 1. The summed E-state index contributed by atoms with van der Waals surface area (Å²) in [6.07, 6.45) is 1.61. The Morgan fingerprint density at radius 1 is 1.11 bits per heavy atom. The molecule has 1 saturated heterocycles. The molecule has 226 valence electrons. The number of benzene rings is 3. The summed E-state index contributed by atoms with van der Waals surface area (Å²) in [6, 6.07) is 22.7. The number of likely N-dealkylation sites (tertiary alicyclic amines) is 1. The van der Waals surface area contributed by atoms with Gasteiger partial charge in [0.25, 0.3) is 0 Å². The number of urea groups is 1. The van der Waals surface area contributed by atoms with E-state index in [4.69, 9.17) is 9.26 Å².